The number of carbonyl (C=O) groups excluding carboxylic acids is 1. The number of pyridine rings is 1. The number of hydrogen-bond acceptors (Lipinski definition) is 5. The number of piperazine rings is 1. The van der Waals surface area contributed by atoms with Crippen LogP contribution in [-0.4, -0.2) is 49.3 Å². The van der Waals surface area contributed by atoms with E-state index in [1.165, 1.54) is 0 Å². The molecular weight excluding hydrogens is 306 g/mol. The number of methoxy groups -OCH3 is 1. The molecule has 3 rings (SSSR count). The third-order valence-corrected chi connectivity index (χ3v) is 4.02. The SMILES string of the molecule is COc1ccc(N2CCN(C(=O)OCc3ccccc3)CC2)nc1. The van der Waals surface area contributed by atoms with Crippen LogP contribution in [0.25, 0.3) is 0 Å². The van der Waals surface area contributed by atoms with Gasteiger partial charge in [-0.05, 0) is 17.7 Å². The van der Waals surface area contributed by atoms with Gasteiger partial charge in [0.1, 0.15) is 18.2 Å². The average Bonchev–Trinajstić information content (AvgIpc) is 2.67. The molecule has 6 heteroatoms. The second-order valence-electron chi connectivity index (χ2n) is 5.57. The molecule has 6 nitrogen and oxygen atoms in total. The third-order valence-electron chi connectivity index (χ3n) is 4.02. The van der Waals surface area contributed by atoms with Gasteiger partial charge in [0.2, 0.25) is 0 Å². The van der Waals surface area contributed by atoms with E-state index in [1.807, 2.05) is 42.5 Å². The van der Waals surface area contributed by atoms with Gasteiger partial charge >= 0.3 is 6.09 Å². The Hall–Kier alpha value is -2.76. The van der Waals surface area contributed by atoms with Gasteiger partial charge in [-0.3, -0.25) is 0 Å². The van der Waals surface area contributed by atoms with E-state index in [-0.39, 0.29) is 6.09 Å². The van der Waals surface area contributed by atoms with Gasteiger partial charge in [0.15, 0.2) is 0 Å². The average molecular weight is 327 g/mol. The zero-order valence-corrected chi connectivity index (χ0v) is 13.7. The maximum Gasteiger partial charge on any atom is 0.410 e. The fourth-order valence-corrected chi connectivity index (χ4v) is 2.61. The molecule has 0 N–H and O–H groups in total. The van der Waals surface area contributed by atoms with Crippen LogP contribution in [0.2, 0.25) is 0 Å². The normalized spacial score (nSPS) is 14.4. The molecule has 1 fully saturated rings. The fraction of sp³-hybridized carbons (Fsp3) is 0.333. The van der Waals surface area contributed by atoms with E-state index in [0.717, 1.165) is 30.2 Å². The summed E-state index contributed by atoms with van der Waals surface area (Å²) in [6, 6.07) is 13.5. The highest BCUT2D eigenvalue weighted by atomic mass is 16.6. The molecule has 0 unspecified atom stereocenters. The van der Waals surface area contributed by atoms with E-state index in [1.54, 1.807) is 18.2 Å². The number of anilines is 1. The number of benzene rings is 1. The van der Waals surface area contributed by atoms with E-state index in [2.05, 4.69) is 9.88 Å². The molecule has 1 amide bonds. The molecule has 1 aliphatic rings. The van der Waals surface area contributed by atoms with Crippen LogP contribution in [0.15, 0.2) is 48.7 Å². The zero-order valence-electron chi connectivity index (χ0n) is 13.7. The van der Waals surface area contributed by atoms with Gasteiger partial charge < -0.3 is 19.3 Å². The molecule has 1 saturated heterocycles. The molecule has 0 spiro atoms. The van der Waals surface area contributed by atoms with Crippen molar-refractivity contribution in [3.63, 3.8) is 0 Å². The number of aromatic nitrogens is 1. The van der Waals surface area contributed by atoms with Gasteiger partial charge in [-0.1, -0.05) is 30.3 Å². The fourth-order valence-electron chi connectivity index (χ4n) is 2.61. The summed E-state index contributed by atoms with van der Waals surface area (Å²) in [5.74, 6) is 1.63. The zero-order chi connectivity index (χ0) is 16.8. The van der Waals surface area contributed by atoms with Crippen molar-refractivity contribution in [3.8, 4) is 5.75 Å². The lowest BCUT2D eigenvalue weighted by atomic mass is 10.2. The van der Waals surface area contributed by atoms with E-state index < -0.39 is 0 Å². The Kier molecular flexibility index (Phi) is 5.15. The first kappa shape index (κ1) is 16.1. The lowest BCUT2D eigenvalue weighted by Gasteiger charge is -2.34. The molecule has 1 aromatic heterocycles. The lowest BCUT2D eigenvalue weighted by Crippen LogP contribution is -2.49. The summed E-state index contributed by atoms with van der Waals surface area (Å²) >= 11 is 0. The molecular formula is C18H21N3O3. The Labute approximate surface area is 141 Å². The molecule has 24 heavy (non-hydrogen) atoms. The predicted molar refractivity (Wildman–Crippen MR) is 91.2 cm³/mol. The van der Waals surface area contributed by atoms with Crippen molar-refractivity contribution in [1.82, 2.24) is 9.88 Å². The summed E-state index contributed by atoms with van der Waals surface area (Å²) in [6.07, 6.45) is 1.44. The topological polar surface area (TPSA) is 54.9 Å². The number of amides is 1. The Morgan fingerprint density at radius 2 is 1.83 bits per heavy atom. The highest BCUT2D eigenvalue weighted by Gasteiger charge is 2.22. The van der Waals surface area contributed by atoms with Crippen LogP contribution in [0.1, 0.15) is 5.56 Å². The maximum absolute atomic E-state index is 12.2. The van der Waals surface area contributed by atoms with Crippen molar-refractivity contribution < 1.29 is 14.3 Å². The molecule has 1 aromatic carbocycles. The van der Waals surface area contributed by atoms with Crippen molar-refractivity contribution in [3.05, 3.63) is 54.2 Å². The Morgan fingerprint density at radius 3 is 2.46 bits per heavy atom. The van der Waals surface area contributed by atoms with Crippen LogP contribution in [0.4, 0.5) is 10.6 Å². The highest BCUT2D eigenvalue weighted by molar-refractivity contribution is 5.68. The van der Waals surface area contributed by atoms with Gasteiger partial charge in [-0.2, -0.15) is 0 Å². The summed E-state index contributed by atoms with van der Waals surface area (Å²) in [7, 11) is 1.62. The molecule has 0 saturated carbocycles. The largest absolute Gasteiger partial charge is 0.495 e. The van der Waals surface area contributed by atoms with Gasteiger partial charge in [-0.25, -0.2) is 9.78 Å². The van der Waals surface area contributed by atoms with Crippen LogP contribution in [0, 0.1) is 0 Å². The first-order valence-electron chi connectivity index (χ1n) is 7.97. The summed E-state index contributed by atoms with van der Waals surface area (Å²) < 4.78 is 10.5. The van der Waals surface area contributed by atoms with Gasteiger partial charge in [0.25, 0.3) is 0 Å². The summed E-state index contributed by atoms with van der Waals surface area (Å²) in [6.45, 7) is 3.03. The number of rotatable bonds is 4. The lowest BCUT2D eigenvalue weighted by molar-refractivity contribution is 0.0941. The smallest absolute Gasteiger partial charge is 0.410 e. The first-order chi connectivity index (χ1) is 11.8. The molecule has 0 aliphatic carbocycles. The van der Waals surface area contributed by atoms with E-state index >= 15 is 0 Å². The summed E-state index contributed by atoms with van der Waals surface area (Å²) in [4.78, 5) is 20.4. The minimum Gasteiger partial charge on any atom is -0.495 e. The number of carbonyl (C=O) groups is 1. The van der Waals surface area contributed by atoms with Crippen LogP contribution < -0.4 is 9.64 Å². The number of nitrogens with zero attached hydrogens (tertiary/aromatic N) is 3. The second-order valence-corrected chi connectivity index (χ2v) is 5.57. The van der Waals surface area contributed by atoms with Gasteiger partial charge in [0.05, 0.1) is 13.3 Å². The van der Waals surface area contributed by atoms with Crippen LogP contribution in [0.5, 0.6) is 5.75 Å². The third kappa shape index (κ3) is 3.95. The quantitative estimate of drug-likeness (QED) is 0.864. The van der Waals surface area contributed by atoms with E-state index in [9.17, 15) is 4.79 Å². The number of ether oxygens (including phenoxy) is 2. The standard InChI is InChI=1S/C18H21N3O3/c1-23-16-7-8-17(19-13-16)20-9-11-21(12-10-20)18(22)24-14-15-5-3-2-4-6-15/h2-8,13H,9-12,14H2,1H3. The maximum atomic E-state index is 12.2. The molecule has 0 radical (unpaired) electrons. The Bertz CT molecular complexity index is 653. The molecule has 2 aromatic rings. The van der Waals surface area contributed by atoms with Crippen LogP contribution >= 0.6 is 0 Å². The molecule has 2 heterocycles. The minimum absolute atomic E-state index is 0.263. The minimum atomic E-state index is -0.263. The van der Waals surface area contributed by atoms with Gasteiger partial charge in [0, 0.05) is 26.2 Å². The van der Waals surface area contributed by atoms with E-state index in [4.69, 9.17) is 9.47 Å². The molecule has 0 bridgehead atoms. The molecule has 1 aliphatic heterocycles. The monoisotopic (exact) mass is 327 g/mol. The van der Waals surface area contributed by atoms with Crippen molar-refractivity contribution in [2.24, 2.45) is 0 Å². The molecule has 0 atom stereocenters. The van der Waals surface area contributed by atoms with Crippen molar-refractivity contribution in [2.45, 2.75) is 6.61 Å². The molecule has 126 valence electrons. The van der Waals surface area contributed by atoms with Crippen molar-refractivity contribution in [1.29, 1.82) is 0 Å². The second kappa shape index (κ2) is 7.68. The van der Waals surface area contributed by atoms with Crippen LogP contribution in [0.3, 0.4) is 0 Å². The first-order valence-corrected chi connectivity index (χ1v) is 7.97. The summed E-state index contributed by atoms with van der Waals surface area (Å²) in [5.41, 5.74) is 0.993. The van der Waals surface area contributed by atoms with Gasteiger partial charge in [-0.15, -0.1) is 0 Å². The van der Waals surface area contributed by atoms with Crippen LogP contribution in [-0.2, 0) is 11.3 Å². The Balaban J connectivity index is 1.48. The Morgan fingerprint density at radius 1 is 1.08 bits per heavy atom. The summed E-state index contributed by atoms with van der Waals surface area (Å²) in [5, 5.41) is 0. The van der Waals surface area contributed by atoms with Crippen molar-refractivity contribution >= 4 is 11.9 Å². The highest BCUT2D eigenvalue weighted by Crippen LogP contribution is 2.17. The predicted octanol–water partition coefficient (Wildman–Crippen LogP) is 2.55. The van der Waals surface area contributed by atoms with E-state index in [0.29, 0.717) is 19.7 Å². The van der Waals surface area contributed by atoms with Crippen molar-refractivity contribution in [2.75, 3.05) is 38.2 Å². The number of hydrogen-bond donors (Lipinski definition) is 0.